The minimum absolute atomic E-state index is 0.455. The van der Waals surface area contributed by atoms with Crippen LogP contribution < -0.4 is 0 Å². The Morgan fingerprint density at radius 1 is 1.17 bits per heavy atom. The molecule has 1 heteroatoms. The first kappa shape index (κ1) is 8.28. The van der Waals surface area contributed by atoms with Gasteiger partial charge in [0.2, 0.25) is 0 Å². The van der Waals surface area contributed by atoms with Crippen LogP contribution in [-0.4, -0.2) is 5.78 Å². The average molecular weight is 166 g/mol. The largest absolute Gasteiger partial charge is 0.299 e. The Bertz CT molecular complexity index is 197. The molecule has 0 bridgehead atoms. The molecule has 0 spiro atoms. The highest BCUT2D eigenvalue weighted by Gasteiger charge is 2.40. The number of fused-ring (bicyclic) bond motifs is 1. The maximum absolute atomic E-state index is 11.5. The van der Waals surface area contributed by atoms with Crippen molar-refractivity contribution in [3.05, 3.63) is 0 Å². The summed E-state index contributed by atoms with van der Waals surface area (Å²) < 4.78 is 0. The molecule has 0 radical (unpaired) electrons. The van der Waals surface area contributed by atoms with Crippen molar-refractivity contribution >= 4 is 5.78 Å². The Labute approximate surface area is 74.5 Å². The highest BCUT2D eigenvalue weighted by molar-refractivity contribution is 5.83. The zero-order valence-corrected chi connectivity index (χ0v) is 8.05. The Hall–Kier alpha value is -0.330. The van der Waals surface area contributed by atoms with Crippen LogP contribution >= 0.6 is 0 Å². The van der Waals surface area contributed by atoms with E-state index in [1.807, 2.05) is 0 Å². The molecule has 2 fully saturated rings. The van der Waals surface area contributed by atoms with Crippen molar-refractivity contribution in [1.29, 1.82) is 0 Å². The second-order valence-corrected chi connectivity index (χ2v) is 4.80. The molecule has 2 saturated carbocycles. The minimum atomic E-state index is 0.455. The first-order chi connectivity index (χ1) is 5.68. The second kappa shape index (κ2) is 2.86. The molecule has 1 nitrogen and oxygen atoms in total. The van der Waals surface area contributed by atoms with E-state index < -0.39 is 0 Å². The number of rotatable bonds is 0. The summed E-state index contributed by atoms with van der Waals surface area (Å²) in [5.41, 5.74) is 0. The summed E-state index contributed by atoms with van der Waals surface area (Å²) in [6, 6.07) is 0. The van der Waals surface area contributed by atoms with Gasteiger partial charge in [-0.15, -0.1) is 0 Å². The minimum Gasteiger partial charge on any atom is -0.299 e. The van der Waals surface area contributed by atoms with Crippen molar-refractivity contribution < 1.29 is 4.79 Å². The summed E-state index contributed by atoms with van der Waals surface area (Å²) in [5.74, 6) is 3.38. The van der Waals surface area contributed by atoms with Gasteiger partial charge in [0.15, 0.2) is 0 Å². The van der Waals surface area contributed by atoms with Crippen LogP contribution in [0.5, 0.6) is 0 Å². The Morgan fingerprint density at radius 2 is 1.83 bits per heavy atom. The van der Waals surface area contributed by atoms with Crippen molar-refractivity contribution in [2.75, 3.05) is 0 Å². The molecule has 0 amide bonds. The van der Waals surface area contributed by atoms with Crippen molar-refractivity contribution in [3.63, 3.8) is 0 Å². The van der Waals surface area contributed by atoms with Gasteiger partial charge in [0.25, 0.3) is 0 Å². The Morgan fingerprint density at radius 3 is 2.58 bits per heavy atom. The Kier molecular flexibility index (Phi) is 1.97. The maximum atomic E-state index is 11.5. The van der Waals surface area contributed by atoms with Crippen LogP contribution in [0.4, 0.5) is 0 Å². The van der Waals surface area contributed by atoms with Gasteiger partial charge < -0.3 is 0 Å². The fraction of sp³-hybridized carbons (Fsp3) is 0.909. The summed E-state index contributed by atoms with van der Waals surface area (Å²) in [7, 11) is 0. The summed E-state index contributed by atoms with van der Waals surface area (Å²) >= 11 is 0. The number of hydrogen-bond donors (Lipinski definition) is 0. The average Bonchev–Trinajstić information content (AvgIpc) is 2.35. The zero-order valence-electron chi connectivity index (χ0n) is 8.05. The van der Waals surface area contributed by atoms with Gasteiger partial charge in [-0.2, -0.15) is 0 Å². The topological polar surface area (TPSA) is 17.1 Å². The molecule has 0 N–H and O–H groups in total. The summed E-state index contributed by atoms with van der Waals surface area (Å²) in [6.45, 7) is 4.64. The third-order valence-corrected chi connectivity index (χ3v) is 4.02. The van der Waals surface area contributed by atoms with E-state index >= 15 is 0 Å². The summed E-state index contributed by atoms with van der Waals surface area (Å²) in [5, 5.41) is 0. The van der Waals surface area contributed by atoms with Gasteiger partial charge in [-0.25, -0.2) is 0 Å². The smallest absolute Gasteiger partial charge is 0.136 e. The van der Waals surface area contributed by atoms with Crippen LogP contribution in [0, 0.1) is 23.7 Å². The van der Waals surface area contributed by atoms with Crippen molar-refractivity contribution in [3.8, 4) is 0 Å². The highest BCUT2D eigenvalue weighted by atomic mass is 16.1. The van der Waals surface area contributed by atoms with E-state index in [1.165, 1.54) is 19.3 Å². The lowest BCUT2D eigenvalue weighted by Gasteiger charge is -2.34. The number of ketones is 1. The first-order valence-electron chi connectivity index (χ1n) is 5.21. The zero-order chi connectivity index (χ0) is 8.72. The predicted octanol–water partition coefficient (Wildman–Crippen LogP) is 2.65. The molecule has 0 aliphatic heterocycles. The van der Waals surface area contributed by atoms with Crippen LogP contribution in [0.15, 0.2) is 0 Å². The van der Waals surface area contributed by atoms with E-state index in [2.05, 4.69) is 13.8 Å². The van der Waals surface area contributed by atoms with Crippen LogP contribution in [0.2, 0.25) is 0 Å². The molecule has 0 heterocycles. The SMILES string of the molecule is C[C@@H]1C[C@@H]2CCC(=O)[C@@H]2C[C@@H]1C. The molecule has 0 saturated heterocycles. The molecule has 0 unspecified atom stereocenters. The fourth-order valence-corrected chi connectivity index (χ4v) is 2.93. The normalized spacial score (nSPS) is 47.7. The number of carbonyl (C=O) groups excluding carboxylic acids is 1. The van der Waals surface area contributed by atoms with Gasteiger partial charge in [0.05, 0.1) is 0 Å². The molecule has 2 aliphatic carbocycles. The van der Waals surface area contributed by atoms with E-state index in [0.29, 0.717) is 11.7 Å². The summed E-state index contributed by atoms with van der Waals surface area (Å²) in [6.07, 6.45) is 4.53. The third-order valence-electron chi connectivity index (χ3n) is 4.02. The fourth-order valence-electron chi connectivity index (χ4n) is 2.93. The van der Waals surface area contributed by atoms with Crippen molar-refractivity contribution in [2.24, 2.45) is 23.7 Å². The second-order valence-electron chi connectivity index (χ2n) is 4.80. The van der Waals surface area contributed by atoms with E-state index in [4.69, 9.17) is 0 Å². The third kappa shape index (κ3) is 1.19. The molecule has 0 aromatic heterocycles. The van der Waals surface area contributed by atoms with Gasteiger partial charge in [0, 0.05) is 12.3 Å². The van der Waals surface area contributed by atoms with E-state index in [0.717, 1.165) is 24.2 Å². The lowest BCUT2D eigenvalue weighted by molar-refractivity contribution is -0.122. The monoisotopic (exact) mass is 166 g/mol. The van der Waals surface area contributed by atoms with Crippen molar-refractivity contribution in [1.82, 2.24) is 0 Å². The first-order valence-corrected chi connectivity index (χ1v) is 5.21. The molecular weight excluding hydrogens is 148 g/mol. The quantitative estimate of drug-likeness (QED) is 0.540. The van der Waals surface area contributed by atoms with Crippen LogP contribution in [0.3, 0.4) is 0 Å². The molecular formula is C11H18O. The lowest BCUT2D eigenvalue weighted by Crippen LogP contribution is -2.28. The molecule has 0 aromatic carbocycles. The van der Waals surface area contributed by atoms with Crippen LogP contribution in [0.25, 0.3) is 0 Å². The van der Waals surface area contributed by atoms with Crippen LogP contribution in [-0.2, 0) is 4.79 Å². The van der Waals surface area contributed by atoms with E-state index in [9.17, 15) is 4.79 Å². The highest BCUT2D eigenvalue weighted by Crippen LogP contribution is 2.44. The molecule has 68 valence electrons. The molecule has 4 atom stereocenters. The van der Waals surface area contributed by atoms with Gasteiger partial charge in [-0.1, -0.05) is 13.8 Å². The van der Waals surface area contributed by atoms with Gasteiger partial charge in [-0.3, -0.25) is 4.79 Å². The standard InChI is InChI=1S/C11H18O/c1-7-5-9-3-4-11(12)10(9)6-8(7)2/h7-10H,3-6H2,1-2H3/t7-,8+,9+,10-/m1/s1. The van der Waals surface area contributed by atoms with E-state index in [1.54, 1.807) is 0 Å². The molecule has 12 heavy (non-hydrogen) atoms. The van der Waals surface area contributed by atoms with Gasteiger partial charge >= 0.3 is 0 Å². The Balaban J connectivity index is 2.09. The molecule has 2 rings (SSSR count). The molecule has 0 aromatic rings. The predicted molar refractivity (Wildman–Crippen MR) is 48.8 cm³/mol. The van der Waals surface area contributed by atoms with Gasteiger partial charge in [-0.05, 0) is 37.0 Å². The van der Waals surface area contributed by atoms with Crippen molar-refractivity contribution in [2.45, 2.75) is 39.5 Å². The lowest BCUT2D eigenvalue weighted by atomic mass is 9.71. The maximum Gasteiger partial charge on any atom is 0.136 e. The van der Waals surface area contributed by atoms with E-state index in [-0.39, 0.29) is 0 Å². The summed E-state index contributed by atoms with van der Waals surface area (Å²) in [4.78, 5) is 11.5. The van der Waals surface area contributed by atoms with Crippen LogP contribution in [0.1, 0.15) is 39.5 Å². The van der Waals surface area contributed by atoms with Gasteiger partial charge in [0.1, 0.15) is 5.78 Å². The number of Topliss-reactive ketones (excluding diaryl/α,β-unsaturated/α-hetero) is 1. The number of hydrogen-bond acceptors (Lipinski definition) is 1. The molecule has 2 aliphatic rings. The number of carbonyl (C=O) groups is 1.